The van der Waals surface area contributed by atoms with Crippen molar-refractivity contribution >= 4 is 18.0 Å². The van der Waals surface area contributed by atoms with Gasteiger partial charge in [0.25, 0.3) is 5.91 Å². The molecule has 1 N–H and O–H groups in total. The van der Waals surface area contributed by atoms with Crippen LogP contribution >= 0.6 is 0 Å². The average molecular weight is 457 g/mol. The number of alkyl carbamates (subject to hydrolysis) is 1. The number of likely N-dealkylation sites (tertiary alicyclic amines) is 1. The molecule has 33 heavy (non-hydrogen) atoms. The van der Waals surface area contributed by atoms with Crippen molar-refractivity contribution in [3.8, 4) is 5.69 Å². The molecule has 0 spiro atoms. The summed E-state index contributed by atoms with van der Waals surface area (Å²) in [5.74, 6) is -0.496. The Morgan fingerprint density at radius 2 is 1.82 bits per heavy atom. The van der Waals surface area contributed by atoms with Crippen LogP contribution in [0.3, 0.4) is 0 Å². The fraction of sp³-hybridized carbons (Fsp3) is 0.500. The highest BCUT2D eigenvalue weighted by atomic mass is 16.6. The van der Waals surface area contributed by atoms with Gasteiger partial charge < -0.3 is 19.7 Å². The van der Waals surface area contributed by atoms with Crippen molar-refractivity contribution in [3.05, 3.63) is 46.8 Å². The summed E-state index contributed by atoms with van der Waals surface area (Å²) < 4.78 is 12.1. The van der Waals surface area contributed by atoms with Crippen LogP contribution in [0.25, 0.3) is 5.69 Å². The second-order valence-electron chi connectivity index (χ2n) is 9.11. The zero-order chi connectivity index (χ0) is 24.3. The lowest BCUT2D eigenvalue weighted by molar-refractivity contribution is 0.0498. The van der Waals surface area contributed by atoms with Crippen molar-refractivity contribution in [1.82, 2.24) is 20.0 Å². The Kier molecular flexibility index (Phi) is 7.09. The largest absolute Gasteiger partial charge is 0.462 e. The summed E-state index contributed by atoms with van der Waals surface area (Å²) in [5, 5.41) is 7.30. The Hall–Kier alpha value is -3.36. The molecule has 0 saturated carbocycles. The number of carbonyl (C=O) groups is 3. The molecule has 1 unspecified atom stereocenters. The molecule has 9 heteroatoms. The van der Waals surface area contributed by atoms with E-state index in [1.54, 1.807) is 47.7 Å². The number of hydrogen-bond donors (Lipinski definition) is 1. The lowest BCUT2D eigenvalue weighted by Gasteiger charge is -2.22. The van der Waals surface area contributed by atoms with Crippen LogP contribution in [0.5, 0.6) is 0 Å². The van der Waals surface area contributed by atoms with E-state index < -0.39 is 17.7 Å². The van der Waals surface area contributed by atoms with E-state index in [2.05, 4.69) is 10.4 Å². The number of esters is 1. The molecule has 9 nitrogen and oxygen atoms in total. The van der Waals surface area contributed by atoms with E-state index in [9.17, 15) is 14.4 Å². The SMILES string of the molecule is CCOC(=O)c1c(C)nn(-c2ccc(C(=O)N3CCC(NC(=O)OC(C)(C)C)C3)cc2)c1C. The predicted molar refractivity (Wildman–Crippen MR) is 123 cm³/mol. The highest BCUT2D eigenvalue weighted by Gasteiger charge is 2.29. The summed E-state index contributed by atoms with van der Waals surface area (Å²) in [6.45, 7) is 12.1. The van der Waals surface area contributed by atoms with Gasteiger partial charge in [0, 0.05) is 18.7 Å². The van der Waals surface area contributed by atoms with Crippen LogP contribution in [0.1, 0.15) is 66.2 Å². The van der Waals surface area contributed by atoms with Gasteiger partial charge >= 0.3 is 12.1 Å². The number of amides is 2. The molecular formula is C24H32N4O5. The molecule has 1 aliphatic heterocycles. The fourth-order valence-electron chi connectivity index (χ4n) is 3.86. The van der Waals surface area contributed by atoms with Gasteiger partial charge in [0.05, 0.1) is 29.7 Å². The number of rotatable bonds is 5. The Morgan fingerprint density at radius 1 is 1.15 bits per heavy atom. The van der Waals surface area contributed by atoms with Gasteiger partial charge in [0.1, 0.15) is 11.2 Å². The Balaban J connectivity index is 1.66. The van der Waals surface area contributed by atoms with Crippen LogP contribution in [0.4, 0.5) is 4.79 Å². The second-order valence-corrected chi connectivity index (χ2v) is 9.11. The van der Waals surface area contributed by atoms with Gasteiger partial charge in [0.2, 0.25) is 0 Å². The maximum absolute atomic E-state index is 12.9. The second kappa shape index (κ2) is 9.64. The molecule has 1 aliphatic rings. The van der Waals surface area contributed by atoms with Crippen molar-refractivity contribution in [2.24, 2.45) is 0 Å². The molecule has 178 valence electrons. The van der Waals surface area contributed by atoms with Gasteiger partial charge in [-0.1, -0.05) is 0 Å². The van der Waals surface area contributed by atoms with Crippen molar-refractivity contribution in [2.75, 3.05) is 19.7 Å². The van der Waals surface area contributed by atoms with Crippen LogP contribution in [-0.2, 0) is 9.47 Å². The number of aromatic nitrogens is 2. The molecule has 0 aliphatic carbocycles. The Morgan fingerprint density at radius 3 is 2.42 bits per heavy atom. The number of aryl methyl sites for hydroxylation is 1. The van der Waals surface area contributed by atoms with Crippen LogP contribution < -0.4 is 5.32 Å². The van der Waals surface area contributed by atoms with E-state index >= 15 is 0 Å². The Labute approximate surface area is 194 Å². The zero-order valence-electron chi connectivity index (χ0n) is 20.1. The van der Waals surface area contributed by atoms with Gasteiger partial charge in [-0.15, -0.1) is 0 Å². The quantitative estimate of drug-likeness (QED) is 0.692. The van der Waals surface area contributed by atoms with Gasteiger partial charge in [0.15, 0.2) is 0 Å². The molecule has 1 fully saturated rings. The molecule has 3 rings (SSSR count). The molecule has 2 heterocycles. The topological polar surface area (TPSA) is 103 Å². The third-order valence-electron chi connectivity index (χ3n) is 5.33. The van der Waals surface area contributed by atoms with Gasteiger partial charge in [-0.25, -0.2) is 14.3 Å². The Bertz CT molecular complexity index is 1040. The summed E-state index contributed by atoms with van der Waals surface area (Å²) in [4.78, 5) is 38.9. The molecular weight excluding hydrogens is 424 g/mol. The molecule has 1 aromatic carbocycles. The fourth-order valence-corrected chi connectivity index (χ4v) is 3.86. The van der Waals surface area contributed by atoms with Gasteiger partial charge in [-0.3, -0.25) is 4.79 Å². The van der Waals surface area contributed by atoms with E-state index in [-0.39, 0.29) is 11.9 Å². The number of nitrogens with zero attached hydrogens (tertiary/aromatic N) is 3. The molecule has 1 saturated heterocycles. The number of benzene rings is 1. The van der Waals surface area contributed by atoms with Gasteiger partial charge in [-0.2, -0.15) is 5.10 Å². The summed E-state index contributed by atoms with van der Waals surface area (Å²) >= 11 is 0. The molecule has 1 atom stereocenters. The minimum absolute atomic E-state index is 0.101. The van der Waals surface area contributed by atoms with E-state index in [1.807, 2.05) is 27.7 Å². The van der Waals surface area contributed by atoms with Gasteiger partial charge in [-0.05, 0) is 72.2 Å². The van der Waals surface area contributed by atoms with E-state index in [4.69, 9.17) is 9.47 Å². The third kappa shape index (κ3) is 5.71. The number of ether oxygens (including phenoxy) is 2. The molecule has 2 aromatic rings. The first-order chi connectivity index (χ1) is 15.5. The van der Waals surface area contributed by atoms with Crippen molar-refractivity contribution < 1.29 is 23.9 Å². The molecule has 0 bridgehead atoms. The predicted octanol–water partition coefficient (Wildman–Crippen LogP) is 3.41. The van der Waals surface area contributed by atoms with Crippen LogP contribution in [-0.4, -0.2) is 64.0 Å². The number of nitrogens with one attached hydrogen (secondary N) is 1. The maximum Gasteiger partial charge on any atom is 0.407 e. The standard InChI is InChI=1S/C24H32N4O5/c1-7-32-22(30)20-15(2)26-28(16(20)3)19-10-8-17(9-11-19)21(29)27-13-12-18(14-27)25-23(31)33-24(4,5)6/h8-11,18H,7,12-14H2,1-6H3,(H,25,31). The lowest BCUT2D eigenvalue weighted by Crippen LogP contribution is -2.41. The van der Waals surface area contributed by atoms with Crippen LogP contribution in [0.2, 0.25) is 0 Å². The summed E-state index contributed by atoms with van der Waals surface area (Å²) in [7, 11) is 0. The minimum Gasteiger partial charge on any atom is -0.462 e. The lowest BCUT2D eigenvalue weighted by atomic mass is 10.1. The first-order valence-corrected chi connectivity index (χ1v) is 11.1. The highest BCUT2D eigenvalue weighted by molar-refractivity contribution is 5.95. The minimum atomic E-state index is -0.567. The number of carbonyl (C=O) groups excluding carboxylic acids is 3. The maximum atomic E-state index is 12.9. The summed E-state index contributed by atoms with van der Waals surface area (Å²) in [5.41, 5.74) is 2.45. The average Bonchev–Trinajstić information content (AvgIpc) is 3.30. The first kappa shape index (κ1) is 24.3. The first-order valence-electron chi connectivity index (χ1n) is 11.1. The smallest absolute Gasteiger partial charge is 0.407 e. The molecule has 1 aromatic heterocycles. The third-order valence-corrected chi connectivity index (χ3v) is 5.33. The van der Waals surface area contributed by atoms with E-state index in [1.165, 1.54) is 0 Å². The summed E-state index contributed by atoms with van der Waals surface area (Å²) in [6.07, 6.45) is 0.198. The number of hydrogen-bond acceptors (Lipinski definition) is 6. The summed E-state index contributed by atoms with van der Waals surface area (Å²) in [6, 6.07) is 6.95. The molecule has 0 radical (unpaired) electrons. The van der Waals surface area contributed by atoms with E-state index in [0.717, 1.165) is 5.69 Å². The monoisotopic (exact) mass is 456 g/mol. The van der Waals surface area contributed by atoms with Crippen LogP contribution in [0, 0.1) is 13.8 Å². The molecule has 2 amide bonds. The van der Waals surface area contributed by atoms with Crippen molar-refractivity contribution in [1.29, 1.82) is 0 Å². The zero-order valence-corrected chi connectivity index (χ0v) is 20.1. The van der Waals surface area contributed by atoms with Crippen LogP contribution in [0.15, 0.2) is 24.3 Å². The van der Waals surface area contributed by atoms with E-state index in [0.29, 0.717) is 48.6 Å². The van der Waals surface area contributed by atoms with Crippen molar-refractivity contribution in [2.45, 2.75) is 59.6 Å². The van der Waals surface area contributed by atoms with Crippen molar-refractivity contribution in [3.63, 3.8) is 0 Å². The highest BCUT2D eigenvalue weighted by Crippen LogP contribution is 2.21. The normalized spacial score (nSPS) is 15.9.